The number of aliphatic hydroxyl groups is 5. The molecular weight excluding hydrogens is 747 g/mol. The highest BCUT2D eigenvalue weighted by molar-refractivity contribution is 7.84. The van der Waals surface area contributed by atoms with Gasteiger partial charge >= 0.3 is 20.6 Å². The molecule has 1 aromatic heterocycles. The zero-order chi connectivity index (χ0) is 38.8. The molecule has 298 valence electrons. The third-order valence-corrected chi connectivity index (χ3v) is 8.92. The number of carbonyl (C=O) groups is 1. The van der Waals surface area contributed by atoms with Crippen LogP contribution in [0, 0.1) is 0 Å². The summed E-state index contributed by atoms with van der Waals surface area (Å²) in [6, 6.07) is -1.11. The van der Waals surface area contributed by atoms with E-state index < -0.39 is 74.7 Å². The average Bonchev–Trinajstić information content (AvgIpc) is 2.95. The standard InChI is InChI=1S/C25H51N9O14S3/c1-16(31-49(41)42)8-5-10-18(36)26-23-28-24(27-19(37)11-7-12-20(38)33-51(46,47)48)30-25(29-23)34(21(39)13-3-4-15-35)22(40)14-6-9-17(2)32-50(43,44)45/h15-22,32-33,36-40,49H,3-14H2,1-2H3,(H,31,41,42)(H,43,44,45)(H,46,47,48)(H2,26,27,28,29,30). The van der Waals surface area contributed by atoms with Crippen LogP contribution in [-0.2, 0) is 36.3 Å². The molecule has 0 fully saturated rings. The third-order valence-electron chi connectivity index (χ3n) is 7.00. The number of aromatic nitrogens is 3. The smallest absolute Gasteiger partial charge is 0.335 e. The highest BCUT2D eigenvalue weighted by atomic mass is 32.2. The van der Waals surface area contributed by atoms with E-state index in [4.69, 9.17) is 9.11 Å². The molecule has 23 nitrogen and oxygen atoms in total. The van der Waals surface area contributed by atoms with E-state index in [1.807, 2.05) is 4.72 Å². The van der Waals surface area contributed by atoms with Gasteiger partial charge in [-0.05, 0) is 84.5 Å². The Morgan fingerprint density at radius 1 is 0.667 bits per heavy atom. The largest absolute Gasteiger partial charge is 0.378 e. The van der Waals surface area contributed by atoms with Crippen LogP contribution in [0.5, 0.6) is 0 Å². The van der Waals surface area contributed by atoms with Gasteiger partial charge in [-0.25, -0.2) is 13.1 Å². The molecule has 0 saturated carbocycles. The van der Waals surface area contributed by atoms with Crippen molar-refractivity contribution in [2.75, 3.05) is 15.5 Å². The molecule has 1 rings (SSSR count). The third kappa shape index (κ3) is 22.3. The van der Waals surface area contributed by atoms with Crippen molar-refractivity contribution in [3.05, 3.63) is 0 Å². The zero-order valence-electron chi connectivity index (χ0n) is 28.1. The van der Waals surface area contributed by atoms with E-state index in [2.05, 4.69) is 30.3 Å². The maximum absolute atomic E-state index is 11.2. The number of carbonyl (C=O) groups excluding carboxylic acids is 1. The first-order valence-corrected chi connectivity index (χ1v) is 20.1. The number of hydrogen-bond acceptors (Lipinski definition) is 18. The number of unbranched alkanes of at least 4 members (excludes halogenated alkanes) is 1. The number of anilines is 3. The van der Waals surface area contributed by atoms with Crippen LogP contribution in [0.2, 0.25) is 0 Å². The van der Waals surface area contributed by atoms with Crippen molar-refractivity contribution in [2.24, 2.45) is 0 Å². The normalized spacial score (nSPS) is 16.5. The molecule has 51 heavy (non-hydrogen) atoms. The number of rotatable bonds is 29. The lowest BCUT2D eigenvalue weighted by Crippen LogP contribution is -2.45. The summed E-state index contributed by atoms with van der Waals surface area (Å²) in [4.78, 5) is 24.5. The topological polar surface area (TPSA) is 363 Å². The fourth-order valence-electron chi connectivity index (χ4n) is 4.70. The zero-order valence-corrected chi connectivity index (χ0v) is 30.7. The van der Waals surface area contributed by atoms with Gasteiger partial charge in [-0.3, -0.25) is 14.0 Å². The predicted octanol–water partition coefficient (Wildman–Crippen LogP) is -2.35. The van der Waals surface area contributed by atoms with Crippen molar-refractivity contribution in [1.82, 2.24) is 29.1 Å². The second-order valence-corrected chi connectivity index (χ2v) is 14.9. The minimum atomic E-state index is -4.67. The molecule has 7 atom stereocenters. The first-order valence-electron chi connectivity index (χ1n) is 16.0. The molecule has 0 spiro atoms. The van der Waals surface area contributed by atoms with E-state index in [1.165, 1.54) is 6.92 Å². The Labute approximate surface area is 298 Å². The number of thiol groups is 1. The van der Waals surface area contributed by atoms with Crippen molar-refractivity contribution in [3.63, 3.8) is 0 Å². The first kappa shape index (κ1) is 46.6. The molecule has 7 unspecified atom stereocenters. The van der Waals surface area contributed by atoms with E-state index in [0.29, 0.717) is 19.1 Å². The molecular formula is C25H51N9O14S3. The quantitative estimate of drug-likeness (QED) is 0.0133. The number of nitrogens with zero attached hydrogens (tertiary/aromatic N) is 4. The summed E-state index contributed by atoms with van der Waals surface area (Å²) in [5.41, 5.74) is 0. The van der Waals surface area contributed by atoms with Crippen LogP contribution in [0.4, 0.5) is 17.8 Å². The van der Waals surface area contributed by atoms with Gasteiger partial charge in [0.2, 0.25) is 28.7 Å². The molecule has 26 heteroatoms. The van der Waals surface area contributed by atoms with Gasteiger partial charge in [0.15, 0.2) is 0 Å². The molecule has 0 aliphatic carbocycles. The Morgan fingerprint density at radius 2 is 1.12 bits per heavy atom. The summed E-state index contributed by atoms with van der Waals surface area (Å²) in [6.45, 7) is 3.13. The van der Waals surface area contributed by atoms with Gasteiger partial charge in [0.05, 0.1) is 0 Å². The summed E-state index contributed by atoms with van der Waals surface area (Å²) in [5, 5.41) is 58.4. The molecule has 0 aliphatic rings. The summed E-state index contributed by atoms with van der Waals surface area (Å²) in [7, 11) is -11.9. The maximum atomic E-state index is 11.2. The second kappa shape index (κ2) is 23.2. The van der Waals surface area contributed by atoms with Crippen molar-refractivity contribution >= 4 is 55.6 Å². The molecule has 1 heterocycles. The van der Waals surface area contributed by atoms with E-state index >= 15 is 0 Å². The van der Waals surface area contributed by atoms with Crippen LogP contribution in [0.1, 0.15) is 90.9 Å². The Hall–Kier alpha value is -2.47. The first-order chi connectivity index (χ1) is 23.7. The lowest BCUT2D eigenvalue weighted by Gasteiger charge is -2.33. The molecule has 0 aromatic carbocycles. The molecule has 0 amide bonds. The fourth-order valence-corrected chi connectivity index (χ4v) is 6.27. The van der Waals surface area contributed by atoms with E-state index in [-0.39, 0.29) is 82.1 Å². The summed E-state index contributed by atoms with van der Waals surface area (Å²) >= 11 is 0. The number of hydrogen-bond donors (Lipinski definition) is 13. The molecule has 0 bridgehead atoms. The molecule has 0 aliphatic heterocycles. The Balaban J connectivity index is 3.30. The number of aldehydes is 1. The monoisotopic (exact) mass is 797 g/mol. The molecule has 12 N–H and O–H groups in total. The molecule has 1 aromatic rings. The van der Waals surface area contributed by atoms with E-state index in [0.717, 1.165) is 4.90 Å². The van der Waals surface area contributed by atoms with E-state index in [1.54, 1.807) is 11.6 Å². The minimum Gasteiger partial charge on any atom is -0.378 e. The summed E-state index contributed by atoms with van der Waals surface area (Å²) in [6.07, 6.45) is -5.62. The summed E-state index contributed by atoms with van der Waals surface area (Å²) in [5.74, 6) is -0.958. The van der Waals surface area contributed by atoms with Crippen molar-refractivity contribution < 1.29 is 64.7 Å². The van der Waals surface area contributed by atoms with Crippen molar-refractivity contribution in [3.8, 4) is 0 Å². The van der Waals surface area contributed by atoms with Gasteiger partial charge in [-0.15, -0.1) is 0 Å². The average molecular weight is 798 g/mol. The van der Waals surface area contributed by atoms with Crippen molar-refractivity contribution in [2.45, 2.75) is 134 Å². The van der Waals surface area contributed by atoms with Crippen LogP contribution < -0.4 is 29.7 Å². The highest BCUT2D eigenvalue weighted by Gasteiger charge is 2.28. The fraction of sp³-hybridized carbons (Fsp3) is 0.840. The molecule has 0 saturated heterocycles. The van der Waals surface area contributed by atoms with E-state index in [9.17, 15) is 55.6 Å². The predicted molar refractivity (Wildman–Crippen MR) is 183 cm³/mol. The van der Waals surface area contributed by atoms with Gasteiger partial charge in [0, 0.05) is 18.5 Å². The van der Waals surface area contributed by atoms with Crippen LogP contribution in [0.15, 0.2) is 0 Å². The minimum absolute atomic E-state index is 0.0264. The molecule has 0 radical (unpaired) electrons. The Morgan fingerprint density at radius 3 is 1.61 bits per heavy atom. The van der Waals surface area contributed by atoms with Gasteiger partial charge in [0.25, 0.3) is 0 Å². The van der Waals surface area contributed by atoms with Gasteiger partial charge in [-0.2, -0.15) is 41.2 Å². The van der Waals surface area contributed by atoms with Crippen LogP contribution >= 0.6 is 0 Å². The Kier molecular flexibility index (Phi) is 21.2. The Bertz CT molecular complexity index is 1470. The van der Waals surface area contributed by atoms with Crippen LogP contribution in [0.25, 0.3) is 0 Å². The van der Waals surface area contributed by atoms with Gasteiger partial charge < -0.3 is 41.0 Å². The van der Waals surface area contributed by atoms with Crippen LogP contribution in [-0.4, -0.2) is 124 Å². The van der Waals surface area contributed by atoms with Crippen molar-refractivity contribution in [1.29, 1.82) is 0 Å². The van der Waals surface area contributed by atoms with Gasteiger partial charge in [-0.1, -0.05) is 0 Å². The number of nitrogens with one attached hydrogen (secondary N) is 5. The lowest BCUT2D eigenvalue weighted by molar-refractivity contribution is -0.108. The highest BCUT2D eigenvalue weighted by Crippen LogP contribution is 2.23. The number of aliphatic hydroxyl groups excluding tert-OH is 5. The SMILES string of the molecule is CC(CCCC(O)Nc1nc(NC(O)CCCC(O)NS(=O)(=O)O)nc(N(C(O)CCCC=O)C(O)CCCC(C)NS(=O)(=O)O)n1)N[SH](=O)=O. The second-order valence-electron chi connectivity index (χ2n) is 11.8. The lowest BCUT2D eigenvalue weighted by atomic mass is 10.1. The maximum Gasteiger partial charge on any atom is 0.335 e. The van der Waals surface area contributed by atoms with Gasteiger partial charge in [0.1, 0.15) is 37.4 Å². The summed E-state index contributed by atoms with van der Waals surface area (Å²) < 4.78 is 89.4. The van der Waals surface area contributed by atoms with Crippen LogP contribution in [0.3, 0.4) is 0 Å².